The van der Waals surface area contributed by atoms with Crippen LogP contribution in [-0.2, 0) is 0 Å². The molecule has 0 aliphatic rings. The molecule has 3 rings (SSSR count). The van der Waals surface area contributed by atoms with Gasteiger partial charge < -0.3 is 0 Å². The summed E-state index contributed by atoms with van der Waals surface area (Å²) < 4.78 is 0. The number of nitrogens with zero attached hydrogens (tertiary/aromatic N) is 3. The molecule has 0 fully saturated rings. The van der Waals surface area contributed by atoms with Crippen LogP contribution < -0.4 is 0 Å². The summed E-state index contributed by atoms with van der Waals surface area (Å²) in [6, 6.07) is 11.9. The van der Waals surface area contributed by atoms with Crippen LogP contribution in [0.1, 0.15) is 0 Å². The smallest absolute Gasteiger partial charge is 0.166 e. The Balaban J connectivity index is 2.00. The highest BCUT2D eigenvalue weighted by atomic mass is 32.1. The lowest BCUT2D eigenvalue weighted by atomic mass is 10.2. The van der Waals surface area contributed by atoms with E-state index in [0.29, 0.717) is 0 Å². The molecule has 1 N–H and O–H groups in total. The van der Waals surface area contributed by atoms with Crippen molar-refractivity contribution in [3.05, 3.63) is 42.6 Å². The van der Waals surface area contributed by atoms with Crippen LogP contribution >= 0.6 is 11.3 Å². The zero-order chi connectivity index (χ0) is 10.8. The van der Waals surface area contributed by atoms with Crippen LogP contribution in [0.3, 0.4) is 0 Å². The minimum Gasteiger partial charge on any atom is -0.275 e. The van der Waals surface area contributed by atoms with E-state index in [2.05, 4.69) is 20.4 Å². The lowest BCUT2D eigenvalue weighted by Gasteiger charge is -1.91. The molecule has 16 heavy (non-hydrogen) atoms. The highest BCUT2D eigenvalue weighted by Gasteiger charge is 2.08. The molecule has 0 spiro atoms. The van der Waals surface area contributed by atoms with Crippen molar-refractivity contribution in [1.82, 2.24) is 20.4 Å². The standard InChI is InChI=1S/C11H8N4S/c1-2-4-8(5-3-1)10-14-15-11(16-10)9-6-7-12-13-9/h1-7H,(H,12,13). The predicted octanol–water partition coefficient (Wildman–Crippen LogP) is 2.60. The fourth-order valence-electron chi connectivity index (χ4n) is 1.40. The zero-order valence-corrected chi connectivity index (χ0v) is 9.11. The lowest BCUT2D eigenvalue weighted by molar-refractivity contribution is 1.06. The molecule has 0 saturated heterocycles. The molecular formula is C11H8N4S. The third-order valence-corrected chi connectivity index (χ3v) is 3.18. The van der Waals surface area contributed by atoms with Gasteiger partial charge >= 0.3 is 0 Å². The number of aromatic nitrogens is 4. The maximum atomic E-state index is 4.16. The van der Waals surface area contributed by atoms with E-state index in [0.717, 1.165) is 21.3 Å². The van der Waals surface area contributed by atoms with Gasteiger partial charge in [0.2, 0.25) is 0 Å². The van der Waals surface area contributed by atoms with Crippen LogP contribution in [0.25, 0.3) is 21.3 Å². The molecule has 4 nitrogen and oxygen atoms in total. The molecule has 78 valence electrons. The highest BCUT2D eigenvalue weighted by molar-refractivity contribution is 7.17. The van der Waals surface area contributed by atoms with Gasteiger partial charge in [0, 0.05) is 11.8 Å². The monoisotopic (exact) mass is 228 g/mol. The quantitative estimate of drug-likeness (QED) is 0.733. The van der Waals surface area contributed by atoms with E-state index in [4.69, 9.17) is 0 Å². The minimum atomic E-state index is 0.858. The number of hydrogen-bond acceptors (Lipinski definition) is 4. The molecule has 0 amide bonds. The van der Waals surface area contributed by atoms with Crippen molar-refractivity contribution in [2.45, 2.75) is 0 Å². The van der Waals surface area contributed by atoms with Gasteiger partial charge in [-0.15, -0.1) is 10.2 Å². The zero-order valence-electron chi connectivity index (χ0n) is 8.29. The molecule has 2 aromatic heterocycles. The van der Waals surface area contributed by atoms with E-state index in [9.17, 15) is 0 Å². The number of benzene rings is 1. The van der Waals surface area contributed by atoms with Crippen molar-refractivity contribution in [2.24, 2.45) is 0 Å². The first-order chi connectivity index (χ1) is 7.93. The molecule has 2 heterocycles. The van der Waals surface area contributed by atoms with Crippen LogP contribution in [0, 0.1) is 0 Å². The summed E-state index contributed by atoms with van der Waals surface area (Å²) in [6.07, 6.45) is 1.71. The predicted molar refractivity (Wildman–Crippen MR) is 62.9 cm³/mol. The second kappa shape index (κ2) is 3.86. The Morgan fingerprint density at radius 3 is 2.50 bits per heavy atom. The van der Waals surface area contributed by atoms with Crippen molar-refractivity contribution in [3.63, 3.8) is 0 Å². The van der Waals surface area contributed by atoms with Crippen molar-refractivity contribution in [3.8, 4) is 21.3 Å². The van der Waals surface area contributed by atoms with Gasteiger partial charge in [-0.25, -0.2) is 0 Å². The topological polar surface area (TPSA) is 54.5 Å². The lowest BCUT2D eigenvalue weighted by Crippen LogP contribution is -1.76. The fraction of sp³-hybridized carbons (Fsp3) is 0. The molecule has 0 atom stereocenters. The molecule has 0 unspecified atom stereocenters. The van der Waals surface area contributed by atoms with Gasteiger partial charge in [-0.05, 0) is 6.07 Å². The van der Waals surface area contributed by atoms with Gasteiger partial charge in [-0.1, -0.05) is 41.7 Å². The van der Waals surface area contributed by atoms with Crippen LogP contribution in [0.2, 0.25) is 0 Å². The van der Waals surface area contributed by atoms with Crippen LogP contribution in [0.15, 0.2) is 42.6 Å². The third-order valence-electron chi connectivity index (χ3n) is 2.18. The number of hydrogen-bond donors (Lipinski definition) is 1. The van der Waals surface area contributed by atoms with Crippen LogP contribution in [0.4, 0.5) is 0 Å². The third kappa shape index (κ3) is 1.61. The normalized spacial score (nSPS) is 10.5. The molecule has 0 bridgehead atoms. The summed E-state index contributed by atoms with van der Waals surface area (Å²) in [5, 5.41) is 16.8. The fourth-order valence-corrected chi connectivity index (χ4v) is 2.23. The van der Waals surface area contributed by atoms with Gasteiger partial charge in [0.25, 0.3) is 0 Å². The summed E-state index contributed by atoms with van der Waals surface area (Å²) in [6.45, 7) is 0. The SMILES string of the molecule is c1ccc(-c2nnc(-c3ccn[nH]3)s2)cc1. The molecule has 1 aromatic carbocycles. The van der Waals surface area contributed by atoms with Crippen molar-refractivity contribution in [1.29, 1.82) is 0 Å². The largest absolute Gasteiger partial charge is 0.275 e. The van der Waals surface area contributed by atoms with E-state index in [-0.39, 0.29) is 0 Å². The maximum absolute atomic E-state index is 4.16. The first-order valence-electron chi connectivity index (χ1n) is 4.82. The molecule has 0 radical (unpaired) electrons. The summed E-state index contributed by atoms with van der Waals surface area (Å²) in [5.74, 6) is 0. The highest BCUT2D eigenvalue weighted by Crippen LogP contribution is 2.28. The first-order valence-corrected chi connectivity index (χ1v) is 5.64. The van der Waals surface area contributed by atoms with Gasteiger partial charge in [-0.2, -0.15) is 5.10 Å². The van der Waals surface area contributed by atoms with Crippen molar-refractivity contribution < 1.29 is 0 Å². The van der Waals surface area contributed by atoms with Gasteiger partial charge in [0.1, 0.15) is 5.01 Å². The number of nitrogens with one attached hydrogen (secondary N) is 1. The Bertz CT molecular complexity index is 571. The average Bonchev–Trinajstić information content (AvgIpc) is 3.01. The Labute approximate surface area is 96.0 Å². The van der Waals surface area contributed by atoms with E-state index in [1.54, 1.807) is 17.5 Å². The Kier molecular flexibility index (Phi) is 2.23. The molecular weight excluding hydrogens is 220 g/mol. The molecule has 3 aromatic rings. The van der Waals surface area contributed by atoms with Crippen molar-refractivity contribution >= 4 is 11.3 Å². The minimum absolute atomic E-state index is 0.858. The first kappa shape index (κ1) is 9.23. The Morgan fingerprint density at radius 1 is 0.938 bits per heavy atom. The molecule has 0 aliphatic carbocycles. The summed E-state index contributed by atoms with van der Waals surface area (Å²) in [4.78, 5) is 0. The van der Waals surface area contributed by atoms with Crippen LogP contribution in [0.5, 0.6) is 0 Å². The second-order valence-electron chi connectivity index (χ2n) is 3.25. The van der Waals surface area contributed by atoms with E-state index >= 15 is 0 Å². The average molecular weight is 228 g/mol. The Hall–Kier alpha value is -2.01. The van der Waals surface area contributed by atoms with Crippen molar-refractivity contribution in [2.75, 3.05) is 0 Å². The summed E-state index contributed by atoms with van der Waals surface area (Å²) in [7, 11) is 0. The molecule has 0 saturated carbocycles. The molecule has 0 aliphatic heterocycles. The Morgan fingerprint density at radius 2 is 1.75 bits per heavy atom. The summed E-state index contributed by atoms with van der Waals surface area (Å²) >= 11 is 1.55. The molecule has 5 heteroatoms. The number of aromatic amines is 1. The van der Waals surface area contributed by atoms with Gasteiger partial charge in [-0.3, -0.25) is 5.10 Å². The second-order valence-corrected chi connectivity index (χ2v) is 4.23. The maximum Gasteiger partial charge on any atom is 0.166 e. The van der Waals surface area contributed by atoms with E-state index in [1.807, 2.05) is 36.4 Å². The van der Waals surface area contributed by atoms with Gasteiger partial charge in [0.05, 0.1) is 5.69 Å². The van der Waals surface area contributed by atoms with Gasteiger partial charge in [0.15, 0.2) is 5.01 Å². The van der Waals surface area contributed by atoms with Crippen LogP contribution in [-0.4, -0.2) is 20.4 Å². The van der Waals surface area contributed by atoms with E-state index in [1.165, 1.54) is 0 Å². The van der Waals surface area contributed by atoms with E-state index < -0.39 is 0 Å². The number of rotatable bonds is 2. The summed E-state index contributed by atoms with van der Waals surface area (Å²) in [5.41, 5.74) is 1.99. The number of H-pyrrole nitrogens is 1.